The van der Waals surface area contributed by atoms with E-state index in [1.807, 2.05) is 0 Å². The second kappa shape index (κ2) is 12.2. The molecule has 1 unspecified atom stereocenters. The Bertz CT molecular complexity index is 750. The summed E-state index contributed by atoms with van der Waals surface area (Å²) < 4.78 is 31.4. The first kappa shape index (κ1) is 25.3. The molecule has 2 aliphatic rings. The number of likely N-dealkylation sites (tertiary alicyclic amines) is 1. The molecular weight excluding hydrogens is 519 g/mol. The molecular formula is C19H35IN6O3S. The third-order valence-corrected chi connectivity index (χ3v) is 7.45. The van der Waals surface area contributed by atoms with Gasteiger partial charge in [0.25, 0.3) is 0 Å². The predicted molar refractivity (Wildman–Crippen MR) is 129 cm³/mol. The average Bonchev–Trinajstić information content (AvgIpc) is 3.21. The lowest BCUT2D eigenvalue weighted by Crippen LogP contribution is -2.54. The van der Waals surface area contributed by atoms with Crippen molar-refractivity contribution in [2.24, 2.45) is 10.9 Å². The van der Waals surface area contributed by atoms with Crippen LogP contribution in [0.1, 0.15) is 31.9 Å². The summed E-state index contributed by atoms with van der Waals surface area (Å²) in [6, 6.07) is 1.59. The lowest BCUT2D eigenvalue weighted by Gasteiger charge is -2.36. The van der Waals surface area contributed by atoms with Crippen molar-refractivity contribution in [2.75, 3.05) is 59.4 Å². The van der Waals surface area contributed by atoms with Crippen molar-refractivity contribution in [1.29, 1.82) is 0 Å². The van der Waals surface area contributed by atoms with Gasteiger partial charge in [0.15, 0.2) is 5.96 Å². The minimum Gasteiger partial charge on any atom is -0.364 e. The molecule has 0 aliphatic carbocycles. The molecule has 3 heterocycles. The summed E-state index contributed by atoms with van der Waals surface area (Å²) in [4.78, 5) is 9.07. The van der Waals surface area contributed by atoms with E-state index in [0.29, 0.717) is 31.9 Å². The van der Waals surface area contributed by atoms with Crippen molar-refractivity contribution in [3.8, 4) is 0 Å². The number of aliphatic imine (C=N–C) groups is 1. The van der Waals surface area contributed by atoms with E-state index in [1.54, 1.807) is 13.1 Å². The molecule has 0 radical (unpaired) electrons. The van der Waals surface area contributed by atoms with Crippen LogP contribution in [0.25, 0.3) is 0 Å². The minimum absolute atomic E-state index is 0. The van der Waals surface area contributed by atoms with E-state index in [0.717, 1.165) is 31.4 Å². The Morgan fingerprint density at radius 3 is 2.70 bits per heavy atom. The molecule has 2 fully saturated rings. The fourth-order valence-electron chi connectivity index (χ4n) is 4.09. The molecule has 2 aliphatic heterocycles. The summed E-state index contributed by atoms with van der Waals surface area (Å²) in [5.41, 5.74) is 0.438. The summed E-state index contributed by atoms with van der Waals surface area (Å²) in [5.74, 6) is 1.54. The first-order valence-electron chi connectivity index (χ1n) is 10.5. The lowest BCUT2D eigenvalue weighted by molar-refractivity contribution is 0.182. The van der Waals surface area contributed by atoms with Crippen LogP contribution in [0.2, 0.25) is 0 Å². The Balaban J connectivity index is 0.00000320. The van der Waals surface area contributed by atoms with Crippen LogP contribution < -0.4 is 5.32 Å². The summed E-state index contributed by atoms with van der Waals surface area (Å²) >= 11 is 0. The number of nitrogens with one attached hydrogen (secondary N) is 1. The number of sulfonamides is 1. The molecule has 3 rings (SSSR count). The van der Waals surface area contributed by atoms with Gasteiger partial charge in [-0.3, -0.25) is 4.99 Å². The van der Waals surface area contributed by atoms with Gasteiger partial charge >= 0.3 is 0 Å². The predicted octanol–water partition coefficient (Wildman–Crippen LogP) is 1.44. The van der Waals surface area contributed by atoms with Gasteiger partial charge < -0.3 is 19.6 Å². The average molecular weight is 554 g/mol. The Hall–Kier alpha value is -0.920. The van der Waals surface area contributed by atoms with Crippen molar-refractivity contribution in [3.05, 3.63) is 18.0 Å². The van der Waals surface area contributed by atoms with Crippen LogP contribution in [0.5, 0.6) is 0 Å². The highest BCUT2D eigenvalue weighted by Crippen LogP contribution is 2.15. The number of piperazine rings is 1. The molecule has 0 bridgehead atoms. The van der Waals surface area contributed by atoms with Gasteiger partial charge in [0.05, 0.1) is 5.69 Å². The molecule has 1 atom stereocenters. The molecule has 172 valence electrons. The van der Waals surface area contributed by atoms with Crippen LogP contribution in [0.15, 0.2) is 21.8 Å². The maximum atomic E-state index is 12.6. The monoisotopic (exact) mass is 554 g/mol. The number of rotatable bonds is 7. The van der Waals surface area contributed by atoms with Gasteiger partial charge in [-0.05, 0) is 38.3 Å². The fraction of sp³-hybridized carbons (Fsp3) is 0.789. The Labute approximate surface area is 197 Å². The normalized spacial score (nSPS) is 22.0. The van der Waals surface area contributed by atoms with Crippen molar-refractivity contribution >= 4 is 40.0 Å². The van der Waals surface area contributed by atoms with Crippen molar-refractivity contribution in [3.63, 3.8) is 0 Å². The van der Waals surface area contributed by atoms with E-state index in [9.17, 15) is 8.42 Å². The number of aromatic nitrogens is 1. The van der Waals surface area contributed by atoms with Crippen LogP contribution in [0, 0.1) is 5.92 Å². The number of hydrogen-bond acceptors (Lipinski definition) is 6. The van der Waals surface area contributed by atoms with E-state index < -0.39 is 10.0 Å². The van der Waals surface area contributed by atoms with Crippen LogP contribution >= 0.6 is 24.0 Å². The third-order valence-electron chi connectivity index (χ3n) is 5.64. The van der Waals surface area contributed by atoms with E-state index in [-0.39, 0.29) is 29.7 Å². The molecule has 11 heteroatoms. The second-order valence-electron chi connectivity index (χ2n) is 8.01. The van der Waals surface area contributed by atoms with E-state index in [4.69, 9.17) is 4.52 Å². The van der Waals surface area contributed by atoms with Crippen molar-refractivity contribution in [2.45, 2.75) is 31.9 Å². The van der Waals surface area contributed by atoms with Gasteiger partial charge in [-0.1, -0.05) is 12.1 Å². The number of hydrogen-bond donors (Lipinski definition) is 1. The van der Waals surface area contributed by atoms with Gasteiger partial charge in [-0.15, -0.1) is 24.0 Å². The SMILES string of the molecule is CN=C(NCCCN1CCCC(C)C1)N1CCN(S(=O)(=O)Cc2ccon2)CC1.I. The largest absolute Gasteiger partial charge is 0.364 e. The van der Waals surface area contributed by atoms with Gasteiger partial charge in [0, 0.05) is 52.4 Å². The quantitative estimate of drug-likeness (QED) is 0.236. The zero-order valence-corrected chi connectivity index (χ0v) is 21.1. The standard InChI is InChI=1S/C19H34N6O3S.HI/c1-17-5-3-8-23(15-17)9-4-7-21-19(20-2)24-10-12-25(13-11-24)29(26,27)16-18-6-14-28-22-18;/h6,14,17H,3-5,7-13,15-16H2,1-2H3,(H,20,21);1H. The molecule has 0 aromatic carbocycles. The molecule has 0 amide bonds. The molecule has 0 saturated carbocycles. The Morgan fingerprint density at radius 2 is 2.07 bits per heavy atom. The molecule has 1 aromatic heterocycles. The summed E-state index contributed by atoms with van der Waals surface area (Å²) in [7, 11) is -1.60. The number of nitrogens with zero attached hydrogens (tertiary/aromatic N) is 5. The third kappa shape index (κ3) is 7.34. The molecule has 1 N–H and O–H groups in total. The number of halogens is 1. The molecule has 9 nitrogen and oxygen atoms in total. The van der Waals surface area contributed by atoms with Crippen LogP contribution in [-0.4, -0.2) is 93.0 Å². The van der Waals surface area contributed by atoms with Gasteiger partial charge in [-0.25, -0.2) is 8.42 Å². The highest BCUT2D eigenvalue weighted by molar-refractivity contribution is 14.0. The smallest absolute Gasteiger partial charge is 0.220 e. The molecule has 2 saturated heterocycles. The first-order valence-corrected chi connectivity index (χ1v) is 12.1. The van der Waals surface area contributed by atoms with Gasteiger partial charge in [0.2, 0.25) is 10.0 Å². The number of guanidine groups is 1. The number of piperidine rings is 1. The van der Waals surface area contributed by atoms with Crippen LogP contribution in [0.4, 0.5) is 0 Å². The minimum atomic E-state index is -3.38. The molecule has 30 heavy (non-hydrogen) atoms. The summed E-state index contributed by atoms with van der Waals surface area (Å²) in [6.45, 7) is 8.90. The van der Waals surface area contributed by atoms with Crippen molar-refractivity contribution < 1.29 is 12.9 Å². The van der Waals surface area contributed by atoms with E-state index in [1.165, 1.54) is 36.5 Å². The Morgan fingerprint density at radius 1 is 1.30 bits per heavy atom. The lowest BCUT2D eigenvalue weighted by atomic mass is 10.0. The topological polar surface area (TPSA) is 94.3 Å². The maximum Gasteiger partial charge on any atom is 0.220 e. The van der Waals surface area contributed by atoms with E-state index >= 15 is 0 Å². The zero-order chi connectivity index (χ0) is 20.7. The molecule has 0 spiro atoms. The highest BCUT2D eigenvalue weighted by atomic mass is 127. The first-order chi connectivity index (χ1) is 14.0. The van der Waals surface area contributed by atoms with Crippen molar-refractivity contribution in [1.82, 2.24) is 24.6 Å². The second-order valence-corrected chi connectivity index (χ2v) is 9.98. The van der Waals surface area contributed by atoms with Crippen LogP contribution in [-0.2, 0) is 15.8 Å². The maximum absolute atomic E-state index is 12.6. The molecule has 1 aromatic rings. The summed E-state index contributed by atoms with van der Waals surface area (Å²) in [6.07, 6.45) is 5.13. The van der Waals surface area contributed by atoms with E-state index in [2.05, 4.69) is 32.2 Å². The van der Waals surface area contributed by atoms with Gasteiger partial charge in [-0.2, -0.15) is 4.31 Å². The van der Waals surface area contributed by atoms with Crippen LogP contribution in [0.3, 0.4) is 0 Å². The summed E-state index contributed by atoms with van der Waals surface area (Å²) in [5, 5.41) is 7.15. The fourth-order valence-corrected chi connectivity index (χ4v) is 5.52. The van der Waals surface area contributed by atoms with Gasteiger partial charge in [0.1, 0.15) is 12.0 Å². The Kier molecular flexibility index (Phi) is 10.3. The zero-order valence-electron chi connectivity index (χ0n) is 18.0. The highest BCUT2D eigenvalue weighted by Gasteiger charge is 2.29.